The maximum atomic E-state index is 9.53. The molecular weight excluding hydrogens is 364 g/mol. The lowest BCUT2D eigenvalue weighted by atomic mass is 10.2. The zero-order valence-corrected chi connectivity index (χ0v) is 16.4. The lowest BCUT2D eigenvalue weighted by Crippen LogP contribution is -2.03. The molecule has 2 aromatic heterocycles. The summed E-state index contributed by atoms with van der Waals surface area (Å²) in [4.78, 5) is 4.68. The molecule has 7 heteroatoms. The number of nitrogens with zero attached hydrogens (tertiary/aromatic N) is 5. The van der Waals surface area contributed by atoms with E-state index in [0.29, 0.717) is 5.95 Å². The van der Waals surface area contributed by atoms with Gasteiger partial charge < -0.3 is 9.67 Å². The number of phenolic OH excluding ortho intramolecular Hbond substituents is 1. The smallest absolute Gasteiger partial charge is 0.265 e. The Balaban J connectivity index is 1.62. The number of unbranched alkanes of at least 4 members (excludes halogenated alkanes) is 3. The Kier molecular flexibility index (Phi) is 5.65. The fourth-order valence-corrected chi connectivity index (χ4v) is 3.44. The van der Waals surface area contributed by atoms with Gasteiger partial charge in [0, 0.05) is 11.9 Å². The first kappa shape index (κ1) is 18.9. The number of fused-ring (bicyclic) bond motifs is 3. The van der Waals surface area contributed by atoms with Gasteiger partial charge in [0.15, 0.2) is 5.65 Å². The van der Waals surface area contributed by atoms with E-state index in [1.165, 1.54) is 19.3 Å². The fourth-order valence-electron chi connectivity index (χ4n) is 3.44. The minimum absolute atomic E-state index is 0.195. The molecule has 7 nitrogen and oxygen atoms in total. The van der Waals surface area contributed by atoms with Crippen molar-refractivity contribution in [1.82, 2.24) is 19.7 Å². The molecule has 2 N–H and O–H groups in total. The standard InChI is InChI=1S/C22H24N6O/c1-2-3-4-7-13-28-19-12-6-5-11-18(19)20-21(28)24-22(27-25-20)26-23-15-16-9-8-10-17(29)14-16/h5-6,8-12,14-15,29H,2-4,7,13H2,1H3,(H,24,26,27)/b23-15+. The van der Waals surface area contributed by atoms with Gasteiger partial charge in [-0.1, -0.05) is 56.5 Å². The molecule has 0 atom stereocenters. The predicted molar refractivity (Wildman–Crippen MR) is 116 cm³/mol. The Labute approximate surface area is 169 Å². The molecule has 0 fully saturated rings. The maximum Gasteiger partial charge on any atom is 0.265 e. The van der Waals surface area contributed by atoms with Crippen LogP contribution in [0.3, 0.4) is 0 Å². The predicted octanol–water partition coefficient (Wildman–Crippen LogP) is 4.71. The molecule has 0 saturated carbocycles. The third-order valence-electron chi connectivity index (χ3n) is 4.86. The molecule has 0 saturated heterocycles. The number of anilines is 1. The van der Waals surface area contributed by atoms with Gasteiger partial charge in [-0.25, -0.2) is 5.43 Å². The Morgan fingerprint density at radius 1 is 1.07 bits per heavy atom. The molecule has 0 aliphatic rings. The molecule has 2 aromatic carbocycles. The van der Waals surface area contributed by atoms with Gasteiger partial charge in [-0.15, -0.1) is 10.2 Å². The second kappa shape index (κ2) is 8.68. The summed E-state index contributed by atoms with van der Waals surface area (Å²) in [6.45, 7) is 3.11. The van der Waals surface area contributed by atoms with Crippen molar-refractivity contribution in [2.75, 3.05) is 5.43 Å². The van der Waals surface area contributed by atoms with Gasteiger partial charge in [-0.2, -0.15) is 10.1 Å². The van der Waals surface area contributed by atoms with Gasteiger partial charge in [0.2, 0.25) is 0 Å². The highest BCUT2D eigenvalue weighted by Gasteiger charge is 2.14. The third-order valence-corrected chi connectivity index (χ3v) is 4.86. The Morgan fingerprint density at radius 3 is 2.83 bits per heavy atom. The first-order chi connectivity index (χ1) is 14.3. The number of aromatic nitrogens is 4. The number of rotatable bonds is 8. The minimum Gasteiger partial charge on any atom is -0.508 e. The van der Waals surface area contributed by atoms with Crippen LogP contribution in [-0.4, -0.2) is 31.1 Å². The van der Waals surface area contributed by atoms with Crippen molar-refractivity contribution in [1.29, 1.82) is 0 Å². The second-order valence-electron chi connectivity index (χ2n) is 7.00. The third kappa shape index (κ3) is 4.18. The lowest BCUT2D eigenvalue weighted by molar-refractivity contribution is 0.475. The quantitative estimate of drug-likeness (QED) is 0.259. The van der Waals surface area contributed by atoms with E-state index in [1.807, 2.05) is 18.2 Å². The molecule has 29 heavy (non-hydrogen) atoms. The van der Waals surface area contributed by atoms with Gasteiger partial charge in [-0.3, -0.25) is 0 Å². The van der Waals surface area contributed by atoms with Crippen molar-refractivity contribution in [3.05, 3.63) is 54.1 Å². The number of hydrazone groups is 1. The van der Waals surface area contributed by atoms with Crippen LogP contribution in [0.5, 0.6) is 5.75 Å². The van der Waals surface area contributed by atoms with Gasteiger partial charge >= 0.3 is 0 Å². The first-order valence-electron chi connectivity index (χ1n) is 9.96. The first-order valence-corrected chi connectivity index (χ1v) is 9.96. The maximum absolute atomic E-state index is 9.53. The van der Waals surface area contributed by atoms with Gasteiger partial charge in [0.1, 0.15) is 11.3 Å². The van der Waals surface area contributed by atoms with Crippen LogP contribution in [0.15, 0.2) is 53.6 Å². The Bertz CT molecular complexity index is 1150. The van der Waals surface area contributed by atoms with E-state index >= 15 is 0 Å². The normalized spacial score (nSPS) is 11.6. The number of nitrogens with one attached hydrogen (secondary N) is 1. The molecule has 0 aliphatic carbocycles. The minimum atomic E-state index is 0.195. The van der Waals surface area contributed by atoms with Crippen molar-refractivity contribution in [2.45, 2.75) is 39.2 Å². The molecule has 0 radical (unpaired) electrons. The highest BCUT2D eigenvalue weighted by atomic mass is 16.3. The average Bonchev–Trinajstić information content (AvgIpc) is 3.04. The lowest BCUT2D eigenvalue weighted by Gasteiger charge is -2.06. The van der Waals surface area contributed by atoms with Gasteiger partial charge in [-0.05, 0) is 30.2 Å². The summed E-state index contributed by atoms with van der Waals surface area (Å²) in [6, 6.07) is 15.1. The number of aryl methyl sites for hydroxylation is 1. The van der Waals surface area contributed by atoms with E-state index in [0.717, 1.165) is 40.6 Å². The van der Waals surface area contributed by atoms with Crippen LogP contribution < -0.4 is 5.43 Å². The molecule has 0 spiro atoms. The second-order valence-corrected chi connectivity index (χ2v) is 7.00. The SMILES string of the molecule is CCCCCCn1c2ccccc2c2nnc(N/N=C/c3cccc(O)c3)nc21. The van der Waals surface area contributed by atoms with E-state index in [4.69, 9.17) is 0 Å². The zero-order chi connectivity index (χ0) is 20.1. The number of hydrogen-bond donors (Lipinski definition) is 2. The largest absolute Gasteiger partial charge is 0.508 e. The van der Waals surface area contributed by atoms with Crippen molar-refractivity contribution >= 4 is 34.2 Å². The van der Waals surface area contributed by atoms with Crippen LogP contribution in [0.4, 0.5) is 5.95 Å². The Morgan fingerprint density at radius 2 is 1.97 bits per heavy atom. The zero-order valence-electron chi connectivity index (χ0n) is 16.4. The molecule has 0 unspecified atom stereocenters. The molecule has 0 bridgehead atoms. The highest BCUT2D eigenvalue weighted by Crippen LogP contribution is 2.26. The van der Waals surface area contributed by atoms with Crippen LogP contribution in [0.25, 0.3) is 22.1 Å². The van der Waals surface area contributed by atoms with E-state index in [-0.39, 0.29) is 5.75 Å². The number of benzene rings is 2. The molecular formula is C22H24N6O. The summed E-state index contributed by atoms with van der Waals surface area (Å²) in [5.41, 5.74) is 6.36. The van der Waals surface area contributed by atoms with Crippen molar-refractivity contribution in [3.8, 4) is 5.75 Å². The van der Waals surface area contributed by atoms with E-state index in [2.05, 4.69) is 49.3 Å². The fraction of sp³-hybridized carbons (Fsp3) is 0.273. The van der Waals surface area contributed by atoms with Gasteiger partial charge in [0.25, 0.3) is 5.95 Å². The monoisotopic (exact) mass is 388 g/mol. The van der Waals surface area contributed by atoms with E-state index in [9.17, 15) is 5.11 Å². The van der Waals surface area contributed by atoms with Crippen LogP contribution in [0, 0.1) is 0 Å². The average molecular weight is 388 g/mol. The summed E-state index contributed by atoms with van der Waals surface area (Å²) in [5, 5.41) is 23.3. The van der Waals surface area contributed by atoms with Crippen LogP contribution >= 0.6 is 0 Å². The molecule has 148 valence electrons. The molecule has 0 amide bonds. The van der Waals surface area contributed by atoms with Gasteiger partial charge in [0.05, 0.1) is 11.7 Å². The van der Waals surface area contributed by atoms with Crippen LogP contribution in [0.1, 0.15) is 38.2 Å². The molecule has 0 aliphatic heterocycles. The summed E-state index contributed by atoms with van der Waals surface area (Å²) >= 11 is 0. The van der Waals surface area contributed by atoms with Crippen molar-refractivity contribution in [2.24, 2.45) is 5.10 Å². The topological polar surface area (TPSA) is 88.2 Å². The number of aromatic hydroxyl groups is 1. The Hall–Kier alpha value is -3.48. The summed E-state index contributed by atoms with van der Waals surface area (Å²) in [5.74, 6) is 0.535. The van der Waals surface area contributed by atoms with E-state index in [1.54, 1.807) is 24.4 Å². The summed E-state index contributed by atoms with van der Waals surface area (Å²) in [6.07, 6.45) is 6.35. The van der Waals surface area contributed by atoms with Crippen LogP contribution in [-0.2, 0) is 6.54 Å². The molecule has 4 rings (SSSR count). The molecule has 2 heterocycles. The molecule has 4 aromatic rings. The summed E-state index contributed by atoms with van der Waals surface area (Å²) < 4.78 is 2.22. The number of phenols is 1. The highest BCUT2D eigenvalue weighted by molar-refractivity contribution is 6.04. The number of hydrogen-bond acceptors (Lipinski definition) is 6. The van der Waals surface area contributed by atoms with Crippen molar-refractivity contribution < 1.29 is 5.11 Å². The van der Waals surface area contributed by atoms with Crippen LogP contribution in [0.2, 0.25) is 0 Å². The number of para-hydroxylation sites is 1. The summed E-state index contributed by atoms with van der Waals surface area (Å²) in [7, 11) is 0. The van der Waals surface area contributed by atoms with Crippen molar-refractivity contribution in [3.63, 3.8) is 0 Å². The van der Waals surface area contributed by atoms with E-state index < -0.39 is 0 Å².